The molecule has 1 saturated heterocycles. The van der Waals surface area contributed by atoms with Crippen molar-refractivity contribution in [2.24, 2.45) is 11.8 Å². The Labute approximate surface area is 147 Å². The second-order valence-electron chi connectivity index (χ2n) is 8.01. The quantitative estimate of drug-likeness (QED) is 0.781. The lowest BCUT2D eigenvalue weighted by Gasteiger charge is -2.24. The van der Waals surface area contributed by atoms with Crippen LogP contribution in [0.15, 0.2) is 4.52 Å². The van der Waals surface area contributed by atoms with Gasteiger partial charge in [0.15, 0.2) is 5.82 Å². The van der Waals surface area contributed by atoms with Crippen molar-refractivity contribution >= 4 is 11.8 Å². The average Bonchev–Trinajstić information content (AvgIpc) is 3.06. The number of aromatic nitrogens is 2. The maximum Gasteiger partial charge on any atom is 0.240 e. The Hall–Kier alpha value is -1.96. The molecule has 0 unspecified atom stereocenters. The Morgan fingerprint density at radius 2 is 2.12 bits per heavy atom. The molecule has 0 bridgehead atoms. The van der Waals surface area contributed by atoms with E-state index in [1.165, 1.54) is 12.8 Å². The van der Waals surface area contributed by atoms with Gasteiger partial charge in [0, 0.05) is 19.5 Å². The molecule has 3 rings (SSSR count). The van der Waals surface area contributed by atoms with Gasteiger partial charge in [-0.15, -0.1) is 0 Å². The van der Waals surface area contributed by atoms with E-state index in [9.17, 15) is 9.59 Å². The molecule has 1 aliphatic heterocycles. The van der Waals surface area contributed by atoms with Crippen molar-refractivity contribution in [1.29, 1.82) is 0 Å². The van der Waals surface area contributed by atoms with Crippen LogP contribution < -0.4 is 5.32 Å². The number of amides is 2. The van der Waals surface area contributed by atoms with Crippen LogP contribution in [0.3, 0.4) is 0 Å². The zero-order chi connectivity index (χ0) is 18.2. The van der Waals surface area contributed by atoms with E-state index in [4.69, 9.17) is 4.52 Å². The summed E-state index contributed by atoms with van der Waals surface area (Å²) in [5, 5.41) is 6.97. The van der Waals surface area contributed by atoms with Crippen LogP contribution in [0.1, 0.15) is 44.8 Å². The van der Waals surface area contributed by atoms with E-state index < -0.39 is 5.54 Å². The lowest BCUT2D eigenvalue weighted by molar-refractivity contribution is -0.129. The molecule has 1 saturated carbocycles. The Kier molecular flexibility index (Phi) is 4.81. The van der Waals surface area contributed by atoms with Gasteiger partial charge in [-0.1, -0.05) is 5.16 Å². The normalized spacial score (nSPS) is 21.2. The summed E-state index contributed by atoms with van der Waals surface area (Å²) in [5.74, 6) is 1.23. The molecule has 1 N–H and O–H groups in total. The van der Waals surface area contributed by atoms with Gasteiger partial charge in [-0.05, 0) is 46.7 Å². The Morgan fingerprint density at radius 3 is 2.76 bits per heavy atom. The number of likely N-dealkylation sites (tertiary alicyclic amines) is 1. The summed E-state index contributed by atoms with van der Waals surface area (Å²) in [7, 11) is 3.84. The summed E-state index contributed by atoms with van der Waals surface area (Å²) in [5.41, 5.74) is -0.752. The molecule has 1 aliphatic carbocycles. The van der Waals surface area contributed by atoms with Crippen LogP contribution >= 0.6 is 0 Å². The third-order valence-electron chi connectivity index (χ3n) is 4.68. The van der Waals surface area contributed by atoms with Crippen molar-refractivity contribution in [1.82, 2.24) is 25.3 Å². The molecule has 1 atom stereocenters. The number of nitrogens with zero attached hydrogens (tertiary/aromatic N) is 4. The molecule has 0 spiro atoms. The van der Waals surface area contributed by atoms with Crippen LogP contribution in [-0.2, 0) is 21.7 Å². The van der Waals surface area contributed by atoms with Gasteiger partial charge in [-0.3, -0.25) is 9.59 Å². The molecule has 25 heavy (non-hydrogen) atoms. The minimum Gasteiger partial charge on any atom is -0.343 e. The van der Waals surface area contributed by atoms with Gasteiger partial charge in [0.25, 0.3) is 0 Å². The Bertz CT molecular complexity index is 650. The highest BCUT2D eigenvalue weighted by atomic mass is 16.5. The van der Waals surface area contributed by atoms with Crippen LogP contribution in [0.4, 0.5) is 0 Å². The molecule has 2 heterocycles. The van der Waals surface area contributed by atoms with Crippen LogP contribution in [0, 0.1) is 11.8 Å². The van der Waals surface area contributed by atoms with Gasteiger partial charge in [0.05, 0.1) is 18.0 Å². The molecule has 0 radical (unpaired) electrons. The predicted molar refractivity (Wildman–Crippen MR) is 90.3 cm³/mol. The number of hydrogen-bond donors (Lipinski definition) is 1. The highest BCUT2D eigenvalue weighted by molar-refractivity contribution is 5.89. The fourth-order valence-electron chi connectivity index (χ4n) is 3.05. The van der Waals surface area contributed by atoms with E-state index in [-0.39, 0.29) is 24.2 Å². The zero-order valence-corrected chi connectivity index (χ0v) is 15.4. The summed E-state index contributed by atoms with van der Waals surface area (Å²) >= 11 is 0. The number of carbonyl (C=O) groups is 2. The molecule has 1 aromatic heterocycles. The van der Waals surface area contributed by atoms with Crippen molar-refractivity contribution < 1.29 is 14.1 Å². The van der Waals surface area contributed by atoms with Crippen molar-refractivity contribution in [3.05, 3.63) is 11.7 Å². The Balaban J connectivity index is 1.59. The zero-order valence-electron chi connectivity index (χ0n) is 15.4. The molecule has 0 aromatic carbocycles. The van der Waals surface area contributed by atoms with E-state index in [1.807, 2.05) is 37.7 Å². The van der Waals surface area contributed by atoms with E-state index in [0.717, 1.165) is 6.54 Å². The predicted octanol–water partition coefficient (Wildman–Crippen LogP) is 0.741. The first-order valence-corrected chi connectivity index (χ1v) is 8.82. The van der Waals surface area contributed by atoms with E-state index >= 15 is 0 Å². The maximum atomic E-state index is 12.6. The average molecular weight is 349 g/mol. The molecule has 2 aliphatic rings. The molecule has 138 valence electrons. The number of nitrogens with one attached hydrogen (secondary N) is 1. The molecular formula is C17H27N5O3. The fraction of sp³-hybridized carbons (Fsp3) is 0.765. The van der Waals surface area contributed by atoms with Gasteiger partial charge in [-0.25, -0.2) is 0 Å². The van der Waals surface area contributed by atoms with Crippen molar-refractivity contribution in [2.75, 3.05) is 27.2 Å². The maximum absolute atomic E-state index is 12.6. The van der Waals surface area contributed by atoms with Gasteiger partial charge in [0.1, 0.15) is 0 Å². The summed E-state index contributed by atoms with van der Waals surface area (Å²) in [6.07, 6.45) is 2.67. The van der Waals surface area contributed by atoms with Crippen LogP contribution in [-0.4, -0.2) is 58.9 Å². The number of rotatable bonds is 7. The third-order valence-corrected chi connectivity index (χ3v) is 4.68. The van der Waals surface area contributed by atoms with Crippen molar-refractivity contribution in [2.45, 2.75) is 45.2 Å². The van der Waals surface area contributed by atoms with E-state index in [2.05, 4.69) is 15.5 Å². The smallest absolute Gasteiger partial charge is 0.240 e. The Morgan fingerprint density at radius 1 is 1.40 bits per heavy atom. The molecular weight excluding hydrogens is 322 g/mol. The second-order valence-corrected chi connectivity index (χ2v) is 8.01. The first-order valence-electron chi connectivity index (χ1n) is 8.82. The van der Waals surface area contributed by atoms with Crippen molar-refractivity contribution in [3.63, 3.8) is 0 Å². The topological polar surface area (TPSA) is 91.6 Å². The third kappa shape index (κ3) is 4.36. The van der Waals surface area contributed by atoms with E-state index in [1.54, 1.807) is 0 Å². The minimum absolute atomic E-state index is 0.0812. The van der Waals surface area contributed by atoms with Gasteiger partial charge in [-0.2, -0.15) is 4.98 Å². The first-order chi connectivity index (χ1) is 11.7. The standard InChI is InChI=1S/C17H27N5O3/c1-17(2,16-18-13(25-20-16)10-21(3)4)19-15(24)12-7-14(23)22(9-12)8-11-5-6-11/h11-12H,5-10H2,1-4H3,(H,19,24)/t12-/m0/s1. The molecule has 2 fully saturated rings. The van der Waals surface area contributed by atoms with Gasteiger partial charge >= 0.3 is 0 Å². The second kappa shape index (κ2) is 6.74. The lowest BCUT2D eigenvalue weighted by atomic mass is 10.0. The fourth-order valence-corrected chi connectivity index (χ4v) is 3.05. The first kappa shape index (κ1) is 17.8. The number of hydrogen-bond acceptors (Lipinski definition) is 6. The summed E-state index contributed by atoms with van der Waals surface area (Å²) in [6.45, 7) is 5.53. The summed E-state index contributed by atoms with van der Waals surface area (Å²) in [4.78, 5) is 32.9. The highest BCUT2D eigenvalue weighted by Gasteiger charge is 2.39. The molecule has 2 amide bonds. The van der Waals surface area contributed by atoms with Crippen LogP contribution in [0.5, 0.6) is 0 Å². The largest absolute Gasteiger partial charge is 0.343 e. The minimum atomic E-state index is -0.752. The van der Waals surface area contributed by atoms with Crippen LogP contribution in [0.25, 0.3) is 0 Å². The summed E-state index contributed by atoms with van der Waals surface area (Å²) in [6, 6.07) is 0. The van der Waals surface area contributed by atoms with Gasteiger partial charge < -0.3 is 19.6 Å². The lowest BCUT2D eigenvalue weighted by Crippen LogP contribution is -2.45. The van der Waals surface area contributed by atoms with Crippen molar-refractivity contribution in [3.8, 4) is 0 Å². The van der Waals surface area contributed by atoms with Crippen LogP contribution in [0.2, 0.25) is 0 Å². The highest BCUT2D eigenvalue weighted by Crippen LogP contribution is 2.32. The molecule has 1 aromatic rings. The summed E-state index contributed by atoms with van der Waals surface area (Å²) < 4.78 is 5.24. The number of carbonyl (C=O) groups excluding carboxylic acids is 2. The van der Waals surface area contributed by atoms with Gasteiger partial charge in [0.2, 0.25) is 17.7 Å². The van der Waals surface area contributed by atoms with E-state index in [0.29, 0.717) is 30.7 Å². The monoisotopic (exact) mass is 349 g/mol. The molecule has 8 heteroatoms. The SMILES string of the molecule is CN(C)Cc1nc(C(C)(C)NC(=O)[C@H]2CC(=O)N(CC3CC3)C2)no1. The molecule has 8 nitrogen and oxygen atoms in total.